The number of nitrogens with one attached hydrogen (secondary N) is 1. The molecule has 1 unspecified atom stereocenters. The number of fused-ring (bicyclic) bond motifs is 3. The average molecular weight is 304 g/mol. The Hall–Kier alpha value is -1.38. The van der Waals surface area contributed by atoms with Gasteiger partial charge in [-0.3, -0.25) is 4.79 Å². The Kier molecular flexibility index (Phi) is 3.77. The van der Waals surface area contributed by atoms with Crippen LogP contribution >= 0.6 is 23.1 Å². The quantitative estimate of drug-likeness (QED) is 0.686. The molecule has 2 heterocycles. The van der Waals surface area contributed by atoms with E-state index in [-0.39, 0.29) is 11.4 Å². The van der Waals surface area contributed by atoms with E-state index in [1.807, 2.05) is 4.90 Å². The molecule has 104 valence electrons. The number of hydrogen-bond donors (Lipinski definition) is 1. The van der Waals surface area contributed by atoms with Crippen molar-refractivity contribution in [2.75, 3.05) is 17.6 Å². The van der Waals surface area contributed by atoms with Crippen LogP contribution in [0.25, 0.3) is 0 Å². The van der Waals surface area contributed by atoms with E-state index in [1.165, 1.54) is 16.9 Å². The number of thioether (sulfide) groups is 1. The summed E-state index contributed by atoms with van der Waals surface area (Å²) in [6, 6.07) is 0. The first-order valence-electron chi connectivity index (χ1n) is 6.64. The Morgan fingerprint density at radius 2 is 2.45 bits per heavy atom. The van der Waals surface area contributed by atoms with Crippen molar-refractivity contribution < 1.29 is 4.79 Å². The zero-order valence-electron chi connectivity index (χ0n) is 11.1. The van der Waals surface area contributed by atoms with Gasteiger partial charge in [0.25, 0.3) is 5.91 Å². The number of terminal acetylenes is 1. The highest BCUT2D eigenvalue weighted by atomic mass is 32.2. The van der Waals surface area contributed by atoms with E-state index in [0.29, 0.717) is 12.3 Å². The number of hydrogen-bond acceptors (Lipinski definition) is 4. The number of thiophene rings is 1. The standard InChI is InChI=1S/C15H16N2OS2/c1-3-8-17-14(18)12-10-6-5-7-11(10)20-13(12)16-15(17)19-9-4-2/h2-3,15-16H,1,5-9H2. The Morgan fingerprint density at radius 3 is 3.20 bits per heavy atom. The average Bonchev–Trinajstić information content (AvgIpc) is 3.00. The minimum absolute atomic E-state index is 0.0946. The summed E-state index contributed by atoms with van der Waals surface area (Å²) in [4.78, 5) is 16.0. The van der Waals surface area contributed by atoms with Crippen molar-refractivity contribution in [3.63, 3.8) is 0 Å². The number of nitrogens with zero attached hydrogens (tertiary/aromatic N) is 1. The molecule has 1 aromatic rings. The minimum atomic E-state index is -0.0946. The monoisotopic (exact) mass is 304 g/mol. The molecule has 0 spiro atoms. The molecule has 0 radical (unpaired) electrons. The van der Waals surface area contributed by atoms with Crippen LogP contribution in [0.3, 0.4) is 0 Å². The molecule has 2 aliphatic rings. The summed E-state index contributed by atoms with van der Waals surface area (Å²) >= 11 is 3.31. The first-order chi connectivity index (χ1) is 9.76. The summed E-state index contributed by atoms with van der Waals surface area (Å²) in [5, 5.41) is 4.49. The van der Waals surface area contributed by atoms with Gasteiger partial charge in [-0.05, 0) is 24.8 Å². The Labute approximate surface area is 127 Å². The maximum Gasteiger partial charge on any atom is 0.259 e. The molecule has 1 aromatic heterocycles. The molecule has 1 amide bonds. The van der Waals surface area contributed by atoms with Crippen LogP contribution in [0.4, 0.5) is 5.00 Å². The van der Waals surface area contributed by atoms with Gasteiger partial charge in [-0.15, -0.1) is 36.1 Å². The molecule has 5 heteroatoms. The topological polar surface area (TPSA) is 32.3 Å². The fourth-order valence-electron chi connectivity index (χ4n) is 2.75. The second-order valence-corrected chi connectivity index (χ2v) is 6.99. The molecule has 0 bridgehead atoms. The van der Waals surface area contributed by atoms with Crippen molar-refractivity contribution in [1.29, 1.82) is 0 Å². The molecular formula is C15H16N2OS2. The Morgan fingerprint density at radius 1 is 1.60 bits per heavy atom. The van der Waals surface area contributed by atoms with Crippen LogP contribution in [-0.2, 0) is 12.8 Å². The maximum absolute atomic E-state index is 12.8. The van der Waals surface area contributed by atoms with Gasteiger partial charge in [0, 0.05) is 11.4 Å². The molecule has 1 atom stereocenters. The van der Waals surface area contributed by atoms with E-state index in [2.05, 4.69) is 17.8 Å². The molecule has 1 aliphatic carbocycles. The predicted octanol–water partition coefficient (Wildman–Crippen LogP) is 2.94. The summed E-state index contributed by atoms with van der Waals surface area (Å²) in [5.41, 5.74) is 2.06. The summed E-state index contributed by atoms with van der Waals surface area (Å²) < 4.78 is 0. The lowest BCUT2D eigenvalue weighted by molar-refractivity contribution is 0.0760. The first kappa shape index (κ1) is 13.6. The van der Waals surface area contributed by atoms with E-state index < -0.39 is 0 Å². The zero-order valence-corrected chi connectivity index (χ0v) is 12.8. The highest BCUT2D eigenvalue weighted by Gasteiger charge is 2.37. The van der Waals surface area contributed by atoms with Gasteiger partial charge in [-0.2, -0.15) is 0 Å². The fourth-order valence-corrected chi connectivity index (χ4v) is 4.94. The zero-order chi connectivity index (χ0) is 14.1. The number of carbonyl (C=O) groups is 1. The van der Waals surface area contributed by atoms with Crippen LogP contribution in [0.15, 0.2) is 12.7 Å². The van der Waals surface area contributed by atoms with E-state index in [9.17, 15) is 4.79 Å². The minimum Gasteiger partial charge on any atom is -0.348 e. The van der Waals surface area contributed by atoms with Gasteiger partial charge in [0.2, 0.25) is 0 Å². The third-order valence-corrected chi connectivity index (χ3v) is 5.83. The van der Waals surface area contributed by atoms with Crippen LogP contribution in [0.2, 0.25) is 0 Å². The highest BCUT2D eigenvalue weighted by Crippen LogP contribution is 2.43. The number of rotatable bonds is 4. The lowest BCUT2D eigenvalue weighted by Gasteiger charge is -2.35. The molecule has 3 nitrogen and oxygen atoms in total. The van der Waals surface area contributed by atoms with E-state index >= 15 is 0 Å². The molecule has 0 aromatic carbocycles. The number of aryl methyl sites for hydroxylation is 1. The Bertz CT molecular complexity index is 600. The van der Waals surface area contributed by atoms with Crippen molar-refractivity contribution in [1.82, 2.24) is 4.90 Å². The van der Waals surface area contributed by atoms with Crippen LogP contribution in [0, 0.1) is 12.3 Å². The molecule has 20 heavy (non-hydrogen) atoms. The van der Waals surface area contributed by atoms with Gasteiger partial charge in [0.15, 0.2) is 5.50 Å². The van der Waals surface area contributed by atoms with Crippen LogP contribution in [0.5, 0.6) is 0 Å². The second kappa shape index (κ2) is 5.55. The number of amides is 1. The van der Waals surface area contributed by atoms with Gasteiger partial charge in [0.1, 0.15) is 5.00 Å². The smallest absolute Gasteiger partial charge is 0.259 e. The summed E-state index contributed by atoms with van der Waals surface area (Å²) in [5.74, 6) is 3.32. The summed E-state index contributed by atoms with van der Waals surface area (Å²) in [6.45, 7) is 4.29. The van der Waals surface area contributed by atoms with Crippen LogP contribution in [-0.4, -0.2) is 28.6 Å². The maximum atomic E-state index is 12.8. The van der Waals surface area contributed by atoms with E-state index in [0.717, 1.165) is 23.4 Å². The normalized spacial score (nSPS) is 20.1. The lowest BCUT2D eigenvalue weighted by Crippen LogP contribution is -2.46. The largest absolute Gasteiger partial charge is 0.348 e. The first-order valence-corrected chi connectivity index (χ1v) is 8.50. The van der Waals surface area contributed by atoms with Gasteiger partial charge in [-0.1, -0.05) is 12.0 Å². The van der Waals surface area contributed by atoms with Gasteiger partial charge in [0.05, 0.1) is 11.3 Å². The highest BCUT2D eigenvalue weighted by molar-refractivity contribution is 8.00. The molecule has 0 fully saturated rings. The van der Waals surface area contributed by atoms with Crippen molar-refractivity contribution in [2.24, 2.45) is 0 Å². The Balaban J connectivity index is 1.95. The van der Waals surface area contributed by atoms with Crippen molar-refractivity contribution in [2.45, 2.75) is 24.8 Å². The van der Waals surface area contributed by atoms with E-state index in [1.54, 1.807) is 29.2 Å². The summed E-state index contributed by atoms with van der Waals surface area (Å²) in [7, 11) is 0. The predicted molar refractivity (Wildman–Crippen MR) is 86.3 cm³/mol. The third kappa shape index (κ3) is 2.13. The van der Waals surface area contributed by atoms with Crippen LogP contribution < -0.4 is 5.32 Å². The van der Waals surface area contributed by atoms with Crippen molar-refractivity contribution in [3.05, 3.63) is 28.7 Å². The summed E-state index contributed by atoms with van der Waals surface area (Å²) in [6.07, 6.45) is 10.4. The molecule has 3 rings (SSSR count). The molecule has 0 saturated carbocycles. The van der Waals surface area contributed by atoms with Crippen molar-refractivity contribution in [3.8, 4) is 12.3 Å². The number of carbonyl (C=O) groups excluding carboxylic acids is 1. The lowest BCUT2D eigenvalue weighted by atomic mass is 10.1. The molecule has 0 saturated heterocycles. The molecule has 1 aliphatic heterocycles. The van der Waals surface area contributed by atoms with Gasteiger partial charge >= 0.3 is 0 Å². The molecule has 1 N–H and O–H groups in total. The SMILES string of the molecule is C#CCSC1Nc2sc3c(c2C(=O)N1CC=C)CCC3. The van der Waals surface area contributed by atoms with E-state index in [4.69, 9.17) is 6.42 Å². The molecular weight excluding hydrogens is 288 g/mol. The van der Waals surface area contributed by atoms with Gasteiger partial charge in [-0.25, -0.2) is 0 Å². The van der Waals surface area contributed by atoms with Crippen LogP contribution in [0.1, 0.15) is 27.2 Å². The number of anilines is 1. The second-order valence-electron chi connectivity index (χ2n) is 4.82. The third-order valence-electron chi connectivity index (χ3n) is 3.58. The van der Waals surface area contributed by atoms with Gasteiger partial charge < -0.3 is 10.2 Å². The fraction of sp³-hybridized carbons (Fsp3) is 0.400. The van der Waals surface area contributed by atoms with Crippen molar-refractivity contribution >= 4 is 34.0 Å².